The Kier molecular flexibility index (Phi) is 5.23. The molecule has 1 amide bonds. The number of oxazole rings is 1. The fourth-order valence-electron chi connectivity index (χ4n) is 3.79. The summed E-state index contributed by atoms with van der Waals surface area (Å²) in [6, 6.07) is 16.5. The number of likely N-dealkylation sites (tertiary alicyclic amines) is 1. The molecule has 0 spiro atoms. The Balaban J connectivity index is 1.29. The predicted octanol–water partition coefficient (Wildman–Crippen LogP) is 4.73. The highest BCUT2D eigenvalue weighted by Gasteiger charge is 2.26. The number of carbonyl (C=O) groups is 1. The van der Waals surface area contributed by atoms with Crippen molar-refractivity contribution in [3.63, 3.8) is 0 Å². The molecule has 0 radical (unpaired) electrons. The van der Waals surface area contributed by atoms with Crippen LogP contribution in [-0.2, 0) is 17.6 Å². The number of hydrogen-bond donors (Lipinski definition) is 0. The van der Waals surface area contributed by atoms with Gasteiger partial charge in [-0.05, 0) is 48.9 Å². The maximum atomic E-state index is 12.6. The van der Waals surface area contributed by atoms with Crippen LogP contribution in [-0.4, -0.2) is 28.9 Å². The smallest absolute Gasteiger partial charge is 0.222 e. The summed E-state index contributed by atoms with van der Waals surface area (Å²) in [6.07, 6.45) is 4.29. The van der Waals surface area contributed by atoms with E-state index >= 15 is 0 Å². The number of carbonyl (C=O) groups excluding carboxylic acids is 1. The van der Waals surface area contributed by atoms with Crippen LogP contribution in [0.1, 0.15) is 49.1 Å². The van der Waals surface area contributed by atoms with Crippen molar-refractivity contribution in [3.8, 4) is 0 Å². The summed E-state index contributed by atoms with van der Waals surface area (Å²) in [5.41, 5.74) is 4.34. The van der Waals surface area contributed by atoms with Crippen molar-refractivity contribution in [3.05, 3.63) is 65.5 Å². The van der Waals surface area contributed by atoms with Crippen LogP contribution in [0.3, 0.4) is 0 Å². The van der Waals surface area contributed by atoms with Gasteiger partial charge in [-0.3, -0.25) is 4.79 Å². The first-order valence-electron chi connectivity index (χ1n) is 9.94. The zero-order valence-corrected chi connectivity index (χ0v) is 15.9. The third-order valence-corrected chi connectivity index (χ3v) is 5.57. The second-order valence-corrected chi connectivity index (χ2v) is 7.34. The van der Waals surface area contributed by atoms with Crippen LogP contribution in [0.5, 0.6) is 0 Å². The molecule has 1 saturated heterocycles. The molecule has 140 valence electrons. The minimum atomic E-state index is 0.255. The van der Waals surface area contributed by atoms with Gasteiger partial charge in [0.05, 0.1) is 0 Å². The summed E-state index contributed by atoms with van der Waals surface area (Å²) < 4.78 is 5.91. The molecule has 1 aliphatic heterocycles. The second-order valence-electron chi connectivity index (χ2n) is 7.34. The molecule has 0 bridgehead atoms. The third kappa shape index (κ3) is 4.05. The zero-order chi connectivity index (χ0) is 18.6. The highest BCUT2D eigenvalue weighted by Crippen LogP contribution is 2.30. The number of nitrogens with zero attached hydrogens (tertiary/aromatic N) is 2. The molecule has 1 fully saturated rings. The molecule has 2 aromatic carbocycles. The van der Waals surface area contributed by atoms with Gasteiger partial charge >= 0.3 is 0 Å². The Labute approximate surface area is 160 Å². The van der Waals surface area contributed by atoms with Gasteiger partial charge in [0, 0.05) is 25.4 Å². The van der Waals surface area contributed by atoms with Crippen LogP contribution in [0.4, 0.5) is 0 Å². The SMILES string of the molecule is CCc1ccc(CCC(=O)N2CCC(c3nc4ccccc4o3)CC2)cc1. The number of aryl methyl sites for hydroxylation is 2. The van der Waals surface area contributed by atoms with E-state index in [9.17, 15) is 4.79 Å². The van der Waals surface area contributed by atoms with E-state index in [1.54, 1.807) is 0 Å². The van der Waals surface area contributed by atoms with Crippen molar-refractivity contribution in [1.29, 1.82) is 0 Å². The summed E-state index contributed by atoms with van der Waals surface area (Å²) in [4.78, 5) is 19.2. The molecule has 1 aliphatic rings. The van der Waals surface area contributed by atoms with Crippen molar-refractivity contribution in [2.24, 2.45) is 0 Å². The Morgan fingerprint density at radius 1 is 1.07 bits per heavy atom. The van der Waals surface area contributed by atoms with Gasteiger partial charge in [-0.1, -0.05) is 43.3 Å². The number of rotatable bonds is 5. The predicted molar refractivity (Wildman–Crippen MR) is 107 cm³/mol. The lowest BCUT2D eigenvalue weighted by Gasteiger charge is -2.30. The summed E-state index contributed by atoms with van der Waals surface area (Å²) in [5.74, 6) is 1.38. The number of piperidine rings is 1. The van der Waals surface area contributed by atoms with E-state index in [1.807, 2.05) is 29.2 Å². The second kappa shape index (κ2) is 7.95. The van der Waals surface area contributed by atoms with Crippen LogP contribution >= 0.6 is 0 Å². The average molecular weight is 362 g/mol. The molecule has 0 unspecified atom stereocenters. The first-order valence-corrected chi connectivity index (χ1v) is 9.94. The fourth-order valence-corrected chi connectivity index (χ4v) is 3.79. The van der Waals surface area contributed by atoms with E-state index < -0.39 is 0 Å². The van der Waals surface area contributed by atoms with Crippen molar-refractivity contribution >= 4 is 17.0 Å². The highest BCUT2D eigenvalue weighted by atomic mass is 16.3. The van der Waals surface area contributed by atoms with E-state index in [1.165, 1.54) is 11.1 Å². The van der Waals surface area contributed by atoms with Crippen LogP contribution < -0.4 is 0 Å². The molecule has 0 aliphatic carbocycles. The summed E-state index contributed by atoms with van der Waals surface area (Å²) >= 11 is 0. The molecule has 4 heteroatoms. The minimum Gasteiger partial charge on any atom is -0.440 e. The first-order chi connectivity index (χ1) is 13.2. The molecule has 4 nitrogen and oxygen atoms in total. The van der Waals surface area contributed by atoms with Gasteiger partial charge in [0.15, 0.2) is 11.5 Å². The molecule has 4 rings (SSSR count). The van der Waals surface area contributed by atoms with Crippen molar-refractivity contribution < 1.29 is 9.21 Å². The zero-order valence-electron chi connectivity index (χ0n) is 15.9. The molecular weight excluding hydrogens is 336 g/mol. The Morgan fingerprint density at radius 2 is 1.78 bits per heavy atom. The molecular formula is C23H26N2O2. The number of para-hydroxylation sites is 2. The number of aromatic nitrogens is 1. The van der Waals surface area contributed by atoms with Crippen molar-refractivity contribution in [1.82, 2.24) is 9.88 Å². The average Bonchev–Trinajstić information content (AvgIpc) is 3.17. The summed E-state index contributed by atoms with van der Waals surface area (Å²) in [5, 5.41) is 0. The lowest BCUT2D eigenvalue weighted by Crippen LogP contribution is -2.38. The number of benzene rings is 2. The molecule has 1 aromatic heterocycles. The van der Waals surface area contributed by atoms with Crippen LogP contribution in [0.25, 0.3) is 11.1 Å². The largest absolute Gasteiger partial charge is 0.440 e. The maximum absolute atomic E-state index is 12.6. The van der Waals surface area contributed by atoms with E-state index in [0.29, 0.717) is 12.3 Å². The minimum absolute atomic E-state index is 0.255. The number of hydrogen-bond acceptors (Lipinski definition) is 3. The molecule has 27 heavy (non-hydrogen) atoms. The summed E-state index contributed by atoms with van der Waals surface area (Å²) in [7, 11) is 0. The normalized spacial score (nSPS) is 15.4. The molecule has 3 aromatic rings. The fraction of sp³-hybridized carbons (Fsp3) is 0.391. The molecule has 2 heterocycles. The van der Waals surface area contributed by atoms with Gasteiger partial charge in [-0.2, -0.15) is 0 Å². The summed E-state index contributed by atoms with van der Waals surface area (Å²) in [6.45, 7) is 3.73. The van der Waals surface area contributed by atoms with Gasteiger partial charge in [-0.25, -0.2) is 4.98 Å². The van der Waals surface area contributed by atoms with Gasteiger partial charge < -0.3 is 9.32 Å². The van der Waals surface area contributed by atoms with E-state index in [-0.39, 0.29) is 5.91 Å². The number of amides is 1. The topological polar surface area (TPSA) is 46.3 Å². The molecule has 0 N–H and O–H groups in total. The standard InChI is InChI=1S/C23H26N2O2/c1-2-17-7-9-18(10-8-17)11-12-22(26)25-15-13-19(14-16-25)23-24-20-5-3-4-6-21(20)27-23/h3-10,19H,2,11-16H2,1H3. The maximum Gasteiger partial charge on any atom is 0.222 e. The van der Waals surface area contributed by atoms with Gasteiger partial charge in [0.25, 0.3) is 0 Å². The monoisotopic (exact) mass is 362 g/mol. The highest BCUT2D eigenvalue weighted by molar-refractivity contribution is 5.76. The van der Waals surface area contributed by atoms with Crippen molar-refractivity contribution in [2.45, 2.75) is 44.9 Å². The van der Waals surface area contributed by atoms with E-state index in [2.05, 4.69) is 36.2 Å². The lowest BCUT2D eigenvalue weighted by atomic mass is 9.96. The molecule has 0 atom stereocenters. The van der Waals surface area contributed by atoms with Gasteiger partial charge in [0.2, 0.25) is 5.91 Å². The first kappa shape index (κ1) is 17.8. The van der Waals surface area contributed by atoms with Gasteiger partial charge in [-0.15, -0.1) is 0 Å². The van der Waals surface area contributed by atoms with Gasteiger partial charge in [0.1, 0.15) is 5.52 Å². The number of fused-ring (bicyclic) bond motifs is 1. The van der Waals surface area contributed by atoms with Crippen LogP contribution in [0.15, 0.2) is 52.9 Å². The van der Waals surface area contributed by atoms with E-state index in [4.69, 9.17) is 4.42 Å². The van der Waals surface area contributed by atoms with Crippen molar-refractivity contribution in [2.75, 3.05) is 13.1 Å². The Bertz CT molecular complexity index is 873. The quantitative estimate of drug-likeness (QED) is 0.659. The third-order valence-electron chi connectivity index (χ3n) is 5.57. The Morgan fingerprint density at radius 3 is 2.48 bits per heavy atom. The van der Waals surface area contributed by atoms with Crippen LogP contribution in [0.2, 0.25) is 0 Å². The molecule has 0 saturated carbocycles. The lowest BCUT2D eigenvalue weighted by molar-refractivity contribution is -0.132. The van der Waals surface area contributed by atoms with E-state index in [0.717, 1.165) is 55.8 Å². The van der Waals surface area contributed by atoms with Crippen LogP contribution in [0, 0.1) is 0 Å². The Hall–Kier alpha value is -2.62.